The molecule has 0 spiro atoms. The van der Waals surface area contributed by atoms with Crippen molar-refractivity contribution in [1.82, 2.24) is 19.3 Å². The van der Waals surface area contributed by atoms with E-state index in [-0.39, 0.29) is 4.90 Å². The molecule has 0 saturated carbocycles. The summed E-state index contributed by atoms with van der Waals surface area (Å²) in [4.78, 5) is 0.204. The molecule has 0 saturated heterocycles. The predicted molar refractivity (Wildman–Crippen MR) is 87.9 cm³/mol. The summed E-state index contributed by atoms with van der Waals surface area (Å²) in [7, 11) is -3.51. The number of halogens is 1. The van der Waals surface area contributed by atoms with E-state index in [1.807, 2.05) is 28.8 Å². The highest BCUT2D eigenvalue weighted by Crippen LogP contribution is 2.14. The second-order valence-electron chi connectivity index (χ2n) is 5.00. The minimum absolute atomic E-state index is 0.204. The highest BCUT2D eigenvalue weighted by atomic mass is 35.5. The van der Waals surface area contributed by atoms with E-state index in [9.17, 15) is 8.42 Å². The molecule has 3 rings (SSSR count). The van der Waals surface area contributed by atoms with Crippen molar-refractivity contribution >= 4 is 27.3 Å². The number of nitrogens with zero attached hydrogens (tertiary/aromatic N) is 3. The Morgan fingerprint density at radius 2 is 1.87 bits per heavy atom. The van der Waals surface area contributed by atoms with Crippen molar-refractivity contribution in [2.24, 2.45) is 0 Å². The predicted octanol–water partition coefficient (Wildman–Crippen LogP) is 2.29. The van der Waals surface area contributed by atoms with Gasteiger partial charge in [0.25, 0.3) is 0 Å². The maximum absolute atomic E-state index is 12.1. The molecule has 0 amide bonds. The molecule has 2 heterocycles. The lowest BCUT2D eigenvalue weighted by Gasteiger charge is -2.06. The highest BCUT2D eigenvalue weighted by molar-refractivity contribution is 7.89. The average Bonchev–Trinajstić information content (AvgIpc) is 2.95. The first-order chi connectivity index (χ1) is 11.1. The molecule has 120 valence electrons. The zero-order valence-corrected chi connectivity index (χ0v) is 13.8. The first kappa shape index (κ1) is 15.9. The van der Waals surface area contributed by atoms with Gasteiger partial charge >= 0.3 is 0 Å². The van der Waals surface area contributed by atoms with Gasteiger partial charge in [0.2, 0.25) is 10.0 Å². The molecule has 0 fully saturated rings. The third kappa shape index (κ3) is 3.69. The van der Waals surface area contributed by atoms with Gasteiger partial charge in [-0.25, -0.2) is 13.1 Å². The standard InChI is InChI=1S/C15H15ClN4O2S/c16-12-6-8-13(9-7-12)23(21,22)17-10-3-5-15-19-18-14-4-1-2-11-20(14)15/h1-2,4,6-9,11,17H,3,5,10H2. The summed E-state index contributed by atoms with van der Waals surface area (Å²) >= 11 is 5.76. The molecule has 1 N–H and O–H groups in total. The van der Waals surface area contributed by atoms with Crippen LogP contribution in [-0.4, -0.2) is 29.6 Å². The molecule has 8 heteroatoms. The number of hydrogen-bond acceptors (Lipinski definition) is 4. The molecule has 0 atom stereocenters. The van der Waals surface area contributed by atoms with Crippen molar-refractivity contribution in [3.63, 3.8) is 0 Å². The summed E-state index contributed by atoms with van der Waals surface area (Å²) in [5.74, 6) is 0.811. The van der Waals surface area contributed by atoms with Crippen molar-refractivity contribution in [1.29, 1.82) is 0 Å². The quantitative estimate of drug-likeness (QED) is 0.692. The van der Waals surface area contributed by atoms with E-state index >= 15 is 0 Å². The summed E-state index contributed by atoms with van der Waals surface area (Å²) in [6, 6.07) is 11.8. The normalized spacial score (nSPS) is 11.9. The van der Waals surface area contributed by atoms with Gasteiger partial charge in [0.05, 0.1) is 4.90 Å². The van der Waals surface area contributed by atoms with Gasteiger partial charge in [-0.1, -0.05) is 17.7 Å². The first-order valence-corrected chi connectivity index (χ1v) is 8.96. The van der Waals surface area contributed by atoms with Crippen LogP contribution in [0, 0.1) is 0 Å². The van der Waals surface area contributed by atoms with E-state index in [2.05, 4.69) is 14.9 Å². The summed E-state index contributed by atoms with van der Waals surface area (Å²) in [5.41, 5.74) is 0.782. The monoisotopic (exact) mass is 350 g/mol. The van der Waals surface area contributed by atoms with Gasteiger partial charge in [0, 0.05) is 24.2 Å². The van der Waals surface area contributed by atoms with Crippen LogP contribution in [0.3, 0.4) is 0 Å². The van der Waals surface area contributed by atoms with Crippen LogP contribution in [0.25, 0.3) is 5.65 Å². The maximum Gasteiger partial charge on any atom is 0.240 e. The summed E-state index contributed by atoms with van der Waals surface area (Å²) < 4.78 is 28.7. The molecule has 0 unspecified atom stereocenters. The SMILES string of the molecule is O=S(=O)(NCCCc1nnc2ccccn12)c1ccc(Cl)cc1. The highest BCUT2D eigenvalue weighted by Gasteiger charge is 2.13. The molecule has 0 bridgehead atoms. The molecule has 2 aromatic heterocycles. The molecular formula is C15H15ClN4O2S. The number of aromatic nitrogens is 3. The topological polar surface area (TPSA) is 76.4 Å². The Morgan fingerprint density at radius 1 is 1.09 bits per heavy atom. The Kier molecular flexibility index (Phi) is 4.61. The molecule has 6 nitrogen and oxygen atoms in total. The van der Waals surface area contributed by atoms with E-state index in [0.717, 1.165) is 11.5 Å². The van der Waals surface area contributed by atoms with Crippen LogP contribution in [0.1, 0.15) is 12.2 Å². The minimum Gasteiger partial charge on any atom is -0.286 e. The first-order valence-electron chi connectivity index (χ1n) is 7.10. The number of sulfonamides is 1. The number of aryl methyl sites for hydroxylation is 1. The van der Waals surface area contributed by atoms with Gasteiger partial charge in [-0.05, 0) is 42.8 Å². The summed E-state index contributed by atoms with van der Waals surface area (Å²) in [6.45, 7) is 0.326. The Balaban J connectivity index is 1.58. The molecule has 0 radical (unpaired) electrons. The van der Waals surface area contributed by atoms with E-state index in [1.54, 1.807) is 12.1 Å². The summed E-state index contributed by atoms with van der Waals surface area (Å²) in [6.07, 6.45) is 3.15. The number of fused-ring (bicyclic) bond motifs is 1. The van der Waals surface area contributed by atoms with Crippen molar-refractivity contribution in [2.45, 2.75) is 17.7 Å². The van der Waals surface area contributed by atoms with Crippen LogP contribution < -0.4 is 4.72 Å². The number of hydrogen-bond donors (Lipinski definition) is 1. The van der Waals surface area contributed by atoms with Gasteiger partial charge in [-0.2, -0.15) is 0 Å². The average molecular weight is 351 g/mol. The Labute approximate surface area is 139 Å². The van der Waals surface area contributed by atoms with Gasteiger partial charge in [0.1, 0.15) is 5.82 Å². The zero-order chi connectivity index (χ0) is 16.3. The molecule has 0 aliphatic rings. The van der Waals surface area contributed by atoms with E-state index < -0.39 is 10.0 Å². The fraction of sp³-hybridized carbons (Fsp3) is 0.200. The third-order valence-corrected chi connectivity index (χ3v) is 5.11. The Hall–Kier alpha value is -1.96. The van der Waals surface area contributed by atoms with Crippen LogP contribution in [0.15, 0.2) is 53.6 Å². The van der Waals surface area contributed by atoms with Crippen molar-refractivity contribution in [2.75, 3.05) is 6.54 Å². The lowest BCUT2D eigenvalue weighted by atomic mass is 10.3. The molecular weight excluding hydrogens is 336 g/mol. The van der Waals surface area contributed by atoms with Crippen LogP contribution in [0.2, 0.25) is 5.02 Å². The van der Waals surface area contributed by atoms with Crippen LogP contribution in [-0.2, 0) is 16.4 Å². The lowest BCUT2D eigenvalue weighted by Crippen LogP contribution is -2.25. The third-order valence-electron chi connectivity index (χ3n) is 3.38. The van der Waals surface area contributed by atoms with Gasteiger partial charge in [-0.15, -0.1) is 10.2 Å². The van der Waals surface area contributed by atoms with E-state index in [1.165, 1.54) is 12.1 Å². The molecule has 0 aliphatic carbocycles. The molecule has 0 aliphatic heterocycles. The fourth-order valence-corrected chi connectivity index (χ4v) is 3.41. The number of rotatable bonds is 6. The largest absolute Gasteiger partial charge is 0.286 e. The number of nitrogens with one attached hydrogen (secondary N) is 1. The minimum atomic E-state index is -3.51. The number of pyridine rings is 1. The second-order valence-corrected chi connectivity index (χ2v) is 7.20. The summed E-state index contributed by atoms with van der Waals surface area (Å²) in [5, 5.41) is 8.68. The van der Waals surface area contributed by atoms with Crippen molar-refractivity contribution in [3.8, 4) is 0 Å². The fourth-order valence-electron chi connectivity index (χ4n) is 2.21. The van der Waals surface area contributed by atoms with Crippen LogP contribution in [0.5, 0.6) is 0 Å². The molecule has 3 aromatic rings. The van der Waals surface area contributed by atoms with E-state index in [4.69, 9.17) is 11.6 Å². The number of benzene rings is 1. The van der Waals surface area contributed by atoms with Crippen LogP contribution in [0.4, 0.5) is 0 Å². The molecule has 1 aromatic carbocycles. The zero-order valence-electron chi connectivity index (χ0n) is 12.2. The second kappa shape index (κ2) is 6.66. The van der Waals surface area contributed by atoms with Gasteiger partial charge in [0.15, 0.2) is 5.65 Å². The molecule has 23 heavy (non-hydrogen) atoms. The van der Waals surface area contributed by atoms with Crippen molar-refractivity contribution in [3.05, 3.63) is 59.5 Å². The Morgan fingerprint density at radius 3 is 2.65 bits per heavy atom. The lowest BCUT2D eigenvalue weighted by molar-refractivity contribution is 0.578. The smallest absolute Gasteiger partial charge is 0.240 e. The maximum atomic E-state index is 12.1. The van der Waals surface area contributed by atoms with E-state index in [0.29, 0.717) is 24.4 Å². The van der Waals surface area contributed by atoms with Gasteiger partial charge < -0.3 is 0 Å². The Bertz CT molecular complexity index is 907. The van der Waals surface area contributed by atoms with Crippen LogP contribution >= 0.6 is 11.6 Å². The van der Waals surface area contributed by atoms with Crippen molar-refractivity contribution < 1.29 is 8.42 Å². The van der Waals surface area contributed by atoms with Gasteiger partial charge in [-0.3, -0.25) is 4.40 Å².